The molecular formula is C34H50N4O6. The van der Waals surface area contributed by atoms with Crippen LogP contribution in [0, 0.1) is 5.92 Å². The van der Waals surface area contributed by atoms with E-state index >= 15 is 0 Å². The maximum Gasteiger partial charge on any atom is 0.273 e. The summed E-state index contributed by atoms with van der Waals surface area (Å²) in [6.45, 7) is 6.04. The minimum absolute atomic E-state index is 0.108. The zero-order valence-electron chi connectivity index (χ0n) is 26.5. The van der Waals surface area contributed by atoms with Crippen molar-refractivity contribution in [2.24, 2.45) is 5.92 Å². The standard InChI is InChI=1S/C34H50N4O6/c1-4-7-16-25-19-14-21-27(39)30(25)33(43)37-35-29(41)23-13-11-9-10-12-18-24(6-3)32(42)36-38-34(44)31-26(17-8-5-2)20-15-22-28(31)40/h14-15,19-22,24,39-40H,4-13,16-18,23H2,1-3H3,(H,35,41)(H,36,42)(H,37,43)(H,38,44). The van der Waals surface area contributed by atoms with Crippen LogP contribution < -0.4 is 21.7 Å². The third kappa shape index (κ3) is 11.9. The SMILES string of the molecule is CCCCc1cccc(O)c1C(=O)NNC(=O)CCCCCCCC(CC)C(=O)NNC(=O)c1c(O)cccc1CCCC. The predicted molar refractivity (Wildman–Crippen MR) is 171 cm³/mol. The number of carbonyl (C=O) groups excluding carboxylic acids is 4. The van der Waals surface area contributed by atoms with Crippen molar-refractivity contribution in [3.63, 3.8) is 0 Å². The Morgan fingerprint density at radius 3 is 1.66 bits per heavy atom. The molecule has 0 aliphatic heterocycles. The number of rotatable bonds is 18. The molecule has 4 amide bonds. The summed E-state index contributed by atoms with van der Waals surface area (Å²) in [5, 5.41) is 20.4. The highest BCUT2D eigenvalue weighted by molar-refractivity contribution is 6.00. The van der Waals surface area contributed by atoms with E-state index in [0.717, 1.165) is 62.5 Å². The maximum atomic E-state index is 12.7. The van der Waals surface area contributed by atoms with Gasteiger partial charge < -0.3 is 10.2 Å². The van der Waals surface area contributed by atoms with Crippen molar-refractivity contribution in [1.29, 1.82) is 0 Å². The fourth-order valence-electron chi connectivity index (χ4n) is 5.11. The smallest absolute Gasteiger partial charge is 0.273 e. The van der Waals surface area contributed by atoms with Crippen molar-refractivity contribution < 1.29 is 29.4 Å². The second-order valence-corrected chi connectivity index (χ2v) is 11.2. The van der Waals surface area contributed by atoms with Gasteiger partial charge in [-0.05, 0) is 68.2 Å². The maximum absolute atomic E-state index is 12.7. The summed E-state index contributed by atoms with van der Waals surface area (Å²) in [6, 6.07) is 9.96. The largest absolute Gasteiger partial charge is 0.507 e. The molecule has 0 aromatic heterocycles. The van der Waals surface area contributed by atoms with Crippen molar-refractivity contribution in [1.82, 2.24) is 21.7 Å². The summed E-state index contributed by atoms with van der Waals surface area (Å²) < 4.78 is 0. The molecule has 1 unspecified atom stereocenters. The number of phenols is 2. The fourth-order valence-corrected chi connectivity index (χ4v) is 5.11. The molecule has 10 heteroatoms. The first-order chi connectivity index (χ1) is 21.2. The molecule has 0 radical (unpaired) electrons. The number of nitrogens with one attached hydrogen (secondary N) is 4. The molecule has 1 atom stereocenters. The minimum Gasteiger partial charge on any atom is -0.507 e. The average molecular weight is 611 g/mol. The molecule has 2 aromatic rings. The van der Waals surface area contributed by atoms with Crippen molar-refractivity contribution in [2.75, 3.05) is 0 Å². The van der Waals surface area contributed by atoms with Gasteiger partial charge in [0.05, 0.1) is 11.1 Å². The first-order valence-corrected chi connectivity index (χ1v) is 16.0. The number of phenolic OH excluding ortho intramolecular Hbond substituents is 2. The molecule has 0 saturated heterocycles. The summed E-state index contributed by atoms with van der Waals surface area (Å²) in [5.74, 6) is -2.09. The van der Waals surface area contributed by atoms with Gasteiger partial charge in [-0.1, -0.05) is 83.6 Å². The summed E-state index contributed by atoms with van der Waals surface area (Å²) in [6.07, 6.45) is 10.8. The van der Waals surface area contributed by atoms with E-state index in [1.54, 1.807) is 18.2 Å². The van der Waals surface area contributed by atoms with Gasteiger partial charge in [0, 0.05) is 12.3 Å². The molecule has 44 heavy (non-hydrogen) atoms. The van der Waals surface area contributed by atoms with Gasteiger partial charge >= 0.3 is 0 Å². The van der Waals surface area contributed by atoms with E-state index in [1.807, 2.05) is 13.0 Å². The van der Waals surface area contributed by atoms with Gasteiger partial charge in [0.15, 0.2) is 0 Å². The second kappa shape index (κ2) is 20.0. The van der Waals surface area contributed by atoms with E-state index in [-0.39, 0.29) is 46.8 Å². The molecular weight excluding hydrogens is 560 g/mol. The van der Waals surface area contributed by atoms with Gasteiger partial charge in [-0.15, -0.1) is 0 Å². The first-order valence-electron chi connectivity index (χ1n) is 16.0. The van der Waals surface area contributed by atoms with Crippen LogP contribution >= 0.6 is 0 Å². The van der Waals surface area contributed by atoms with Crippen LogP contribution in [0.5, 0.6) is 11.5 Å². The van der Waals surface area contributed by atoms with E-state index in [0.29, 0.717) is 32.1 Å². The molecule has 0 aliphatic rings. The average Bonchev–Trinajstić information content (AvgIpc) is 3.01. The van der Waals surface area contributed by atoms with Crippen molar-refractivity contribution in [3.8, 4) is 11.5 Å². The summed E-state index contributed by atoms with van der Waals surface area (Å²) >= 11 is 0. The predicted octanol–water partition coefficient (Wildman–Crippen LogP) is 5.76. The Morgan fingerprint density at radius 2 is 1.14 bits per heavy atom. The quantitative estimate of drug-likeness (QED) is 0.0930. The number of hydrogen-bond donors (Lipinski definition) is 6. The van der Waals surface area contributed by atoms with Gasteiger partial charge in [0.25, 0.3) is 11.8 Å². The summed E-state index contributed by atoms with van der Waals surface area (Å²) in [4.78, 5) is 50.2. The highest BCUT2D eigenvalue weighted by atomic mass is 16.3. The normalized spacial score (nSPS) is 11.4. The van der Waals surface area contributed by atoms with E-state index in [4.69, 9.17) is 0 Å². The Kier molecular flexibility index (Phi) is 16.4. The van der Waals surface area contributed by atoms with Crippen LogP contribution in [0.3, 0.4) is 0 Å². The van der Waals surface area contributed by atoms with Crippen LogP contribution in [-0.2, 0) is 22.4 Å². The molecule has 0 saturated carbocycles. The zero-order valence-corrected chi connectivity index (χ0v) is 26.5. The third-order valence-electron chi connectivity index (χ3n) is 7.75. The molecule has 0 aliphatic carbocycles. The van der Waals surface area contributed by atoms with Crippen LogP contribution in [-0.4, -0.2) is 33.8 Å². The second-order valence-electron chi connectivity index (χ2n) is 11.2. The highest BCUT2D eigenvalue weighted by Gasteiger charge is 2.20. The van der Waals surface area contributed by atoms with Gasteiger partial charge in [-0.3, -0.25) is 40.9 Å². The summed E-state index contributed by atoms with van der Waals surface area (Å²) in [7, 11) is 0. The Morgan fingerprint density at radius 1 is 0.636 bits per heavy atom. The zero-order chi connectivity index (χ0) is 32.3. The van der Waals surface area contributed by atoms with Gasteiger partial charge in [-0.2, -0.15) is 0 Å². The van der Waals surface area contributed by atoms with E-state index in [1.165, 1.54) is 12.1 Å². The van der Waals surface area contributed by atoms with Crippen LogP contribution in [0.15, 0.2) is 36.4 Å². The Bertz CT molecular complexity index is 1230. The number of carbonyl (C=O) groups is 4. The van der Waals surface area contributed by atoms with E-state index < -0.39 is 11.8 Å². The first kappa shape index (κ1) is 36.1. The van der Waals surface area contributed by atoms with Gasteiger partial charge in [-0.25, -0.2) is 0 Å². The molecule has 0 heterocycles. The lowest BCUT2D eigenvalue weighted by Crippen LogP contribution is -2.44. The van der Waals surface area contributed by atoms with Crippen LogP contribution in [0.1, 0.15) is 130 Å². The molecule has 2 aromatic carbocycles. The fraction of sp³-hybridized carbons (Fsp3) is 0.529. The number of hydrogen-bond acceptors (Lipinski definition) is 6. The number of aromatic hydroxyl groups is 2. The molecule has 10 nitrogen and oxygen atoms in total. The lowest BCUT2D eigenvalue weighted by Gasteiger charge is -2.17. The van der Waals surface area contributed by atoms with Crippen LogP contribution in [0.2, 0.25) is 0 Å². The third-order valence-corrected chi connectivity index (χ3v) is 7.75. The van der Waals surface area contributed by atoms with E-state index in [9.17, 15) is 29.4 Å². The monoisotopic (exact) mass is 610 g/mol. The van der Waals surface area contributed by atoms with Crippen LogP contribution in [0.4, 0.5) is 0 Å². The van der Waals surface area contributed by atoms with Crippen molar-refractivity contribution in [3.05, 3.63) is 58.7 Å². The topological polar surface area (TPSA) is 157 Å². The van der Waals surface area contributed by atoms with Gasteiger partial charge in [0.2, 0.25) is 11.8 Å². The lowest BCUT2D eigenvalue weighted by molar-refractivity contribution is -0.126. The van der Waals surface area contributed by atoms with Crippen LogP contribution in [0.25, 0.3) is 0 Å². The molecule has 6 N–H and O–H groups in total. The Balaban J connectivity index is 1.65. The molecule has 0 fully saturated rings. The number of aryl methyl sites for hydroxylation is 2. The number of benzene rings is 2. The van der Waals surface area contributed by atoms with E-state index in [2.05, 4.69) is 35.6 Å². The Labute approximate surface area is 261 Å². The lowest BCUT2D eigenvalue weighted by atomic mass is 9.97. The van der Waals surface area contributed by atoms with Crippen molar-refractivity contribution in [2.45, 2.75) is 111 Å². The highest BCUT2D eigenvalue weighted by Crippen LogP contribution is 2.24. The molecule has 0 spiro atoms. The molecule has 2 rings (SSSR count). The molecule has 242 valence electrons. The molecule has 0 bridgehead atoms. The van der Waals surface area contributed by atoms with Crippen molar-refractivity contribution >= 4 is 23.6 Å². The number of hydrazine groups is 2. The Hall–Kier alpha value is -4.08. The number of unbranched alkanes of at least 4 members (excludes halogenated alkanes) is 6. The summed E-state index contributed by atoms with van der Waals surface area (Å²) in [5.41, 5.74) is 11.7. The van der Waals surface area contributed by atoms with Gasteiger partial charge in [0.1, 0.15) is 11.5 Å². The minimum atomic E-state index is -0.536. The number of amides is 4.